The number of nitrogens with zero attached hydrogens (tertiary/aromatic N) is 2. The van der Waals surface area contributed by atoms with E-state index in [4.69, 9.17) is 5.73 Å². The molecule has 86 valence electrons. The van der Waals surface area contributed by atoms with E-state index in [9.17, 15) is 4.79 Å². The van der Waals surface area contributed by atoms with E-state index < -0.39 is 0 Å². The molecule has 1 aromatic rings. The average Bonchev–Trinajstić information content (AvgIpc) is 2.31. The van der Waals surface area contributed by atoms with Gasteiger partial charge in [-0.15, -0.1) is 0 Å². The molecule has 0 saturated heterocycles. The van der Waals surface area contributed by atoms with Crippen LogP contribution in [0.15, 0.2) is 29.3 Å². The van der Waals surface area contributed by atoms with E-state index in [0.717, 1.165) is 13.1 Å². The van der Waals surface area contributed by atoms with Crippen LogP contribution >= 0.6 is 0 Å². The summed E-state index contributed by atoms with van der Waals surface area (Å²) in [6.45, 7) is 5.72. The number of carbonyl (C=O) groups excluding carboxylic acids is 1. The highest BCUT2D eigenvalue weighted by Gasteiger charge is 2.02. The lowest BCUT2D eigenvalue weighted by Gasteiger charge is -2.12. The zero-order chi connectivity index (χ0) is 12.0. The molecule has 4 nitrogen and oxygen atoms in total. The topological polar surface area (TPSA) is 58.7 Å². The number of benzene rings is 1. The van der Waals surface area contributed by atoms with Gasteiger partial charge >= 0.3 is 0 Å². The minimum absolute atomic E-state index is 0.244. The largest absolute Gasteiger partial charge is 0.399 e. The number of hydrogen-bond acceptors (Lipinski definition) is 2. The molecule has 2 N–H and O–H groups in total. The molecule has 0 fully saturated rings. The predicted octanol–water partition coefficient (Wildman–Crippen LogP) is 1.78. The molecule has 0 heterocycles. The zero-order valence-electron chi connectivity index (χ0n) is 9.68. The lowest BCUT2D eigenvalue weighted by Crippen LogP contribution is -2.21. The lowest BCUT2D eigenvalue weighted by atomic mass is 10.2. The maximum Gasteiger partial charge on any atom is 0.278 e. The van der Waals surface area contributed by atoms with Crippen molar-refractivity contribution in [1.82, 2.24) is 4.90 Å². The SMILES string of the molecule is CCN(C=NC(=O)c1ccc(N)cc1)CC. The first-order valence-electron chi connectivity index (χ1n) is 5.35. The van der Waals surface area contributed by atoms with Crippen LogP contribution in [-0.4, -0.2) is 30.2 Å². The quantitative estimate of drug-likeness (QED) is 0.477. The number of carbonyl (C=O) groups is 1. The summed E-state index contributed by atoms with van der Waals surface area (Å²) in [4.78, 5) is 17.5. The molecule has 0 aliphatic rings. The van der Waals surface area contributed by atoms with Crippen LogP contribution < -0.4 is 5.73 Å². The van der Waals surface area contributed by atoms with Crippen LogP contribution in [0.25, 0.3) is 0 Å². The maximum atomic E-state index is 11.6. The molecule has 1 aromatic carbocycles. The fourth-order valence-electron chi connectivity index (χ4n) is 1.22. The van der Waals surface area contributed by atoms with Gasteiger partial charge in [0.15, 0.2) is 0 Å². The molecule has 16 heavy (non-hydrogen) atoms. The molecular formula is C12H17N3O. The first-order valence-corrected chi connectivity index (χ1v) is 5.35. The van der Waals surface area contributed by atoms with Gasteiger partial charge < -0.3 is 10.6 Å². The minimum Gasteiger partial charge on any atom is -0.399 e. The fraction of sp³-hybridized carbons (Fsp3) is 0.333. The number of aliphatic imine (C=N–C) groups is 1. The summed E-state index contributed by atoms with van der Waals surface area (Å²) in [6, 6.07) is 6.74. The van der Waals surface area contributed by atoms with Gasteiger partial charge in [0.05, 0.1) is 6.34 Å². The van der Waals surface area contributed by atoms with Crippen LogP contribution in [0.3, 0.4) is 0 Å². The maximum absolute atomic E-state index is 11.6. The van der Waals surface area contributed by atoms with Gasteiger partial charge in [0.2, 0.25) is 0 Å². The Hall–Kier alpha value is -1.84. The van der Waals surface area contributed by atoms with Crippen molar-refractivity contribution in [3.05, 3.63) is 29.8 Å². The Labute approximate surface area is 95.8 Å². The van der Waals surface area contributed by atoms with Gasteiger partial charge in [-0.3, -0.25) is 4.79 Å². The Bertz CT molecular complexity index is 366. The average molecular weight is 219 g/mol. The normalized spacial score (nSPS) is 10.6. The molecule has 0 radical (unpaired) electrons. The Kier molecular flexibility index (Phi) is 4.51. The number of nitrogens with two attached hydrogens (primary N) is 1. The Morgan fingerprint density at radius 1 is 1.31 bits per heavy atom. The second-order valence-corrected chi connectivity index (χ2v) is 3.39. The van der Waals surface area contributed by atoms with Crippen LogP contribution in [0, 0.1) is 0 Å². The van der Waals surface area contributed by atoms with Gasteiger partial charge in [0.1, 0.15) is 0 Å². The first-order chi connectivity index (χ1) is 7.67. The number of amides is 1. The highest BCUT2D eigenvalue weighted by atomic mass is 16.1. The Morgan fingerprint density at radius 3 is 2.38 bits per heavy atom. The number of hydrogen-bond donors (Lipinski definition) is 1. The molecule has 0 unspecified atom stereocenters. The van der Waals surface area contributed by atoms with E-state index >= 15 is 0 Å². The van der Waals surface area contributed by atoms with Crippen molar-refractivity contribution in [2.24, 2.45) is 4.99 Å². The van der Waals surface area contributed by atoms with Crippen molar-refractivity contribution in [3.8, 4) is 0 Å². The monoisotopic (exact) mass is 219 g/mol. The fourth-order valence-corrected chi connectivity index (χ4v) is 1.22. The van der Waals surface area contributed by atoms with E-state index in [1.807, 2.05) is 18.7 Å². The van der Waals surface area contributed by atoms with Gasteiger partial charge in [0.25, 0.3) is 5.91 Å². The number of nitrogen functional groups attached to an aromatic ring is 1. The smallest absolute Gasteiger partial charge is 0.278 e. The summed E-state index contributed by atoms with van der Waals surface area (Å²) < 4.78 is 0. The molecule has 0 saturated carbocycles. The molecular weight excluding hydrogens is 202 g/mol. The van der Waals surface area contributed by atoms with Crippen molar-refractivity contribution < 1.29 is 4.79 Å². The third-order valence-corrected chi connectivity index (χ3v) is 2.31. The summed E-state index contributed by atoms with van der Waals surface area (Å²) >= 11 is 0. The van der Waals surface area contributed by atoms with Crippen molar-refractivity contribution in [2.75, 3.05) is 18.8 Å². The van der Waals surface area contributed by atoms with E-state index in [2.05, 4.69) is 4.99 Å². The molecule has 0 spiro atoms. The van der Waals surface area contributed by atoms with Gasteiger partial charge in [-0.05, 0) is 38.1 Å². The van der Waals surface area contributed by atoms with Gasteiger partial charge in [-0.2, -0.15) is 4.99 Å². The van der Waals surface area contributed by atoms with Crippen molar-refractivity contribution in [2.45, 2.75) is 13.8 Å². The molecule has 0 aromatic heterocycles. The van der Waals surface area contributed by atoms with E-state index in [-0.39, 0.29) is 5.91 Å². The Morgan fingerprint density at radius 2 is 1.88 bits per heavy atom. The van der Waals surface area contributed by atoms with Gasteiger partial charge in [0, 0.05) is 24.3 Å². The number of rotatable bonds is 4. The molecule has 1 amide bonds. The summed E-state index contributed by atoms with van der Waals surface area (Å²) in [5, 5.41) is 0. The van der Waals surface area contributed by atoms with Crippen LogP contribution in [0.1, 0.15) is 24.2 Å². The van der Waals surface area contributed by atoms with Crippen LogP contribution in [-0.2, 0) is 0 Å². The molecule has 4 heteroatoms. The van der Waals surface area contributed by atoms with Crippen molar-refractivity contribution in [1.29, 1.82) is 0 Å². The van der Waals surface area contributed by atoms with E-state index in [1.165, 1.54) is 0 Å². The Balaban J connectivity index is 2.68. The molecule has 1 rings (SSSR count). The predicted molar refractivity (Wildman–Crippen MR) is 66.6 cm³/mol. The van der Waals surface area contributed by atoms with Crippen LogP contribution in [0.5, 0.6) is 0 Å². The minimum atomic E-state index is -0.244. The third-order valence-electron chi connectivity index (χ3n) is 2.31. The molecule has 0 atom stereocenters. The second kappa shape index (κ2) is 5.90. The van der Waals surface area contributed by atoms with Gasteiger partial charge in [-0.1, -0.05) is 0 Å². The zero-order valence-corrected chi connectivity index (χ0v) is 9.68. The molecule has 0 bridgehead atoms. The van der Waals surface area contributed by atoms with E-state index in [1.54, 1.807) is 30.6 Å². The van der Waals surface area contributed by atoms with Crippen molar-refractivity contribution >= 4 is 17.9 Å². The summed E-state index contributed by atoms with van der Waals surface area (Å²) in [7, 11) is 0. The lowest BCUT2D eigenvalue weighted by molar-refractivity contribution is 0.100. The highest BCUT2D eigenvalue weighted by molar-refractivity contribution is 5.98. The highest BCUT2D eigenvalue weighted by Crippen LogP contribution is 2.06. The van der Waals surface area contributed by atoms with Gasteiger partial charge in [-0.25, -0.2) is 0 Å². The van der Waals surface area contributed by atoms with Crippen LogP contribution in [0.4, 0.5) is 5.69 Å². The first kappa shape index (κ1) is 12.2. The second-order valence-electron chi connectivity index (χ2n) is 3.39. The van der Waals surface area contributed by atoms with Crippen molar-refractivity contribution in [3.63, 3.8) is 0 Å². The summed E-state index contributed by atoms with van der Waals surface area (Å²) in [6.07, 6.45) is 1.58. The summed E-state index contributed by atoms with van der Waals surface area (Å²) in [5.74, 6) is -0.244. The third kappa shape index (κ3) is 3.38. The summed E-state index contributed by atoms with van der Waals surface area (Å²) in [5.41, 5.74) is 6.73. The molecule has 0 aliphatic carbocycles. The number of anilines is 1. The van der Waals surface area contributed by atoms with E-state index in [0.29, 0.717) is 11.3 Å². The molecule has 0 aliphatic heterocycles. The van der Waals surface area contributed by atoms with Crippen LogP contribution in [0.2, 0.25) is 0 Å². The standard InChI is InChI=1S/C12H17N3O/c1-3-15(4-2)9-14-12(16)10-5-7-11(13)8-6-10/h5-9H,3-4,13H2,1-2H3.